The molecule has 0 aliphatic carbocycles. The first-order valence-corrected chi connectivity index (χ1v) is 9.17. The second kappa shape index (κ2) is 8.17. The predicted octanol–water partition coefficient (Wildman–Crippen LogP) is 3.04. The maximum absolute atomic E-state index is 13.8. The van der Waals surface area contributed by atoms with Gasteiger partial charge >= 0.3 is 0 Å². The topological polar surface area (TPSA) is 83.1 Å². The number of amides is 1. The average Bonchev–Trinajstić information content (AvgIpc) is 3.06. The summed E-state index contributed by atoms with van der Waals surface area (Å²) in [4.78, 5) is 16.8. The summed E-state index contributed by atoms with van der Waals surface area (Å²) in [6.07, 6.45) is 2.74. The number of nitriles is 1. The van der Waals surface area contributed by atoms with Gasteiger partial charge in [-0.05, 0) is 50.8 Å². The second-order valence-electron chi connectivity index (χ2n) is 6.93. The van der Waals surface area contributed by atoms with Crippen molar-refractivity contribution in [2.24, 2.45) is 0 Å². The predicted molar refractivity (Wildman–Crippen MR) is 103 cm³/mol. The molecule has 0 radical (unpaired) electrons. The zero-order chi connectivity index (χ0) is 20.3. The number of nitrogens with zero attached hydrogens (tertiary/aromatic N) is 4. The van der Waals surface area contributed by atoms with Crippen molar-refractivity contribution in [1.82, 2.24) is 19.9 Å². The highest BCUT2D eigenvalue weighted by molar-refractivity contribution is 5.76. The van der Waals surface area contributed by atoms with Gasteiger partial charge in [-0.1, -0.05) is 18.2 Å². The number of halogens is 1. The zero-order valence-electron chi connectivity index (χ0n) is 16.2. The van der Waals surface area contributed by atoms with Crippen LogP contribution in [0.25, 0.3) is 5.65 Å². The molecule has 1 atom stereocenters. The first-order valence-electron chi connectivity index (χ1n) is 9.17. The molecule has 7 heteroatoms. The van der Waals surface area contributed by atoms with E-state index < -0.39 is 0 Å². The maximum Gasteiger partial charge on any atom is 0.220 e. The lowest BCUT2D eigenvalue weighted by atomic mass is 10.0. The summed E-state index contributed by atoms with van der Waals surface area (Å²) >= 11 is 0. The smallest absolute Gasteiger partial charge is 0.220 e. The molecule has 1 aromatic carbocycles. The molecule has 1 unspecified atom stereocenters. The largest absolute Gasteiger partial charge is 0.353 e. The fraction of sp³-hybridized carbons (Fsp3) is 0.333. The van der Waals surface area contributed by atoms with Crippen LogP contribution in [0.3, 0.4) is 0 Å². The molecular formula is C21H22FN5O. The molecule has 3 rings (SSSR count). The van der Waals surface area contributed by atoms with E-state index in [9.17, 15) is 9.18 Å². The van der Waals surface area contributed by atoms with Gasteiger partial charge in [-0.2, -0.15) is 10.4 Å². The lowest BCUT2D eigenvalue weighted by Crippen LogP contribution is -2.34. The Morgan fingerprint density at radius 2 is 2.11 bits per heavy atom. The van der Waals surface area contributed by atoms with Crippen LogP contribution in [0.15, 0.2) is 30.5 Å². The monoisotopic (exact) mass is 379 g/mol. The second-order valence-corrected chi connectivity index (χ2v) is 6.93. The number of rotatable bonds is 6. The summed E-state index contributed by atoms with van der Waals surface area (Å²) in [5, 5.41) is 16.3. The van der Waals surface area contributed by atoms with Gasteiger partial charge in [-0.25, -0.2) is 13.9 Å². The van der Waals surface area contributed by atoms with Crippen LogP contribution in [0.2, 0.25) is 0 Å². The number of carbonyl (C=O) groups is 1. The van der Waals surface area contributed by atoms with Gasteiger partial charge in [0.15, 0.2) is 5.65 Å². The van der Waals surface area contributed by atoms with E-state index in [0.29, 0.717) is 36.0 Å². The number of hydrogen-bond donors (Lipinski definition) is 1. The van der Waals surface area contributed by atoms with Crippen LogP contribution in [0, 0.1) is 31.0 Å². The number of aromatic nitrogens is 3. The van der Waals surface area contributed by atoms with E-state index in [4.69, 9.17) is 5.26 Å². The first-order chi connectivity index (χ1) is 13.4. The molecule has 0 spiro atoms. The summed E-state index contributed by atoms with van der Waals surface area (Å²) in [6.45, 7) is 5.64. The molecule has 1 N–H and O–H groups in total. The normalized spacial score (nSPS) is 12.0. The van der Waals surface area contributed by atoms with Crippen molar-refractivity contribution in [3.63, 3.8) is 0 Å². The molecule has 3 aromatic rings. The summed E-state index contributed by atoms with van der Waals surface area (Å²) < 4.78 is 15.4. The molecule has 2 aromatic heterocycles. The molecule has 2 heterocycles. The van der Waals surface area contributed by atoms with E-state index in [1.165, 1.54) is 12.3 Å². The van der Waals surface area contributed by atoms with Gasteiger partial charge in [0.1, 0.15) is 17.4 Å². The molecule has 0 aliphatic heterocycles. The number of fused-ring (bicyclic) bond motifs is 1. The third kappa shape index (κ3) is 4.01. The highest BCUT2D eigenvalue weighted by Crippen LogP contribution is 2.18. The number of hydrogen-bond acceptors (Lipinski definition) is 4. The fourth-order valence-electron chi connectivity index (χ4n) is 3.38. The van der Waals surface area contributed by atoms with Gasteiger partial charge in [0, 0.05) is 23.9 Å². The van der Waals surface area contributed by atoms with E-state index in [1.807, 2.05) is 20.8 Å². The van der Waals surface area contributed by atoms with Crippen molar-refractivity contribution >= 4 is 11.6 Å². The fourth-order valence-corrected chi connectivity index (χ4v) is 3.38. The third-order valence-corrected chi connectivity index (χ3v) is 4.82. The summed E-state index contributed by atoms with van der Waals surface area (Å²) in [6, 6.07) is 8.50. The molecule has 0 saturated carbocycles. The number of carbonyl (C=O) groups excluding carboxylic acids is 1. The maximum atomic E-state index is 13.8. The quantitative estimate of drug-likeness (QED) is 0.714. The zero-order valence-corrected chi connectivity index (χ0v) is 16.2. The Balaban J connectivity index is 1.64. The van der Waals surface area contributed by atoms with Gasteiger partial charge in [0.05, 0.1) is 6.20 Å². The molecule has 0 bridgehead atoms. The van der Waals surface area contributed by atoms with E-state index in [-0.39, 0.29) is 17.8 Å². The Hall–Kier alpha value is -3.27. The summed E-state index contributed by atoms with van der Waals surface area (Å²) in [7, 11) is 0. The molecule has 144 valence electrons. The van der Waals surface area contributed by atoms with Crippen LogP contribution in [-0.4, -0.2) is 26.5 Å². The van der Waals surface area contributed by atoms with Crippen LogP contribution in [-0.2, 0) is 17.6 Å². The van der Waals surface area contributed by atoms with Crippen molar-refractivity contribution in [3.05, 3.63) is 64.4 Å². The SMILES string of the molecule is Cc1nc2c(C#N)cnn2c(C)c1CCC(=O)NC(C)Cc1ccccc1F. The van der Waals surface area contributed by atoms with E-state index in [0.717, 1.165) is 17.0 Å². The molecule has 0 aliphatic rings. The van der Waals surface area contributed by atoms with Gasteiger partial charge in [0.2, 0.25) is 5.91 Å². The first kappa shape index (κ1) is 19.5. The minimum atomic E-state index is -0.259. The van der Waals surface area contributed by atoms with Crippen molar-refractivity contribution in [2.45, 2.75) is 46.1 Å². The Morgan fingerprint density at radius 1 is 1.36 bits per heavy atom. The summed E-state index contributed by atoms with van der Waals surface area (Å²) in [5.74, 6) is -0.355. The molecule has 1 amide bonds. The van der Waals surface area contributed by atoms with Crippen LogP contribution in [0.5, 0.6) is 0 Å². The Kier molecular flexibility index (Phi) is 5.69. The van der Waals surface area contributed by atoms with E-state index in [2.05, 4.69) is 21.5 Å². The van der Waals surface area contributed by atoms with Crippen molar-refractivity contribution < 1.29 is 9.18 Å². The minimum absolute atomic E-state index is 0.0964. The summed E-state index contributed by atoms with van der Waals surface area (Å²) in [5.41, 5.74) is 4.15. The lowest BCUT2D eigenvalue weighted by Gasteiger charge is -2.15. The standard InChI is InChI=1S/C21H22FN5O/c1-13(10-16-6-4-5-7-19(16)22)25-20(28)9-8-18-14(2)26-21-17(11-23)12-24-27(21)15(18)3/h4-7,12-13H,8-10H2,1-3H3,(H,25,28). The Bertz CT molecular complexity index is 1070. The van der Waals surface area contributed by atoms with Gasteiger partial charge < -0.3 is 5.32 Å². The van der Waals surface area contributed by atoms with Crippen LogP contribution < -0.4 is 5.32 Å². The molecule has 0 saturated heterocycles. The Labute approximate surface area is 163 Å². The highest BCUT2D eigenvalue weighted by atomic mass is 19.1. The van der Waals surface area contributed by atoms with Gasteiger partial charge in [-0.3, -0.25) is 4.79 Å². The van der Waals surface area contributed by atoms with Crippen molar-refractivity contribution in [2.75, 3.05) is 0 Å². The average molecular weight is 379 g/mol. The molecule has 28 heavy (non-hydrogen) atoms. The molecule has 6 nitrogen and oxygen atoms in total. The van der Waals surface area contributed by atoms with Crippen LogP contribution >= 0.6 is 0 Å². The Morgan fingerprint density at radius 3 is 2.82 bits per heavy atom. The van der Waals surface area contributed by atoms with E-state index in [1.54, 1.807) is 22.7 Å². The van der Waals surface area contributed by atoms with Crippen LogP contribution in [0.4, 0.5) is 4.39 Å². The lowest BCUT2D eigenvalue weighted by molar-refractivity contribution is -0.121. The van der Waals surface area contributed by atoms with Crippen molar-refractivity contribution in [1.29, 1.82) is 5.26 Å². The highest BCUT2D eigenvalue weighted by Gasteiger charge is 2.16. The number of aryl methyl sites for hydroxylation is 2. The number of nitrogens with one attached hydrogen (secondary N) is 1. The number of benzene rings is 1. The minimum Gasteiger partial charge on any atom is -0.353 e. The van der Waals surface area contributed by atoms with Gasteiger partial charge in [-0.15, -0.1) is 0 Å². The van der Waals surface area contributed by atoms with E-state index >= 15 is 0 Å². The third-order valence-electron chi connectivity index (χ3n) is 4.82. The molecular weight excluding hydrogens is 357 g/mol. The van der Waals surface area contributed by atoms with Crippen molar-refractivity contribution in [3.8, 4) is 6.07 Å². The van der Waals surface area contributed by atoms with Gasteiger partial charge in [0.25, 0.3) is 0 Å². The molecule has 0 fully saturated rings. The van der Waals surface area contributed by atoms with Crippen LogP contribution in [0.1, 0.15) is 41.4 Å².